The summed E-state index contributed by atoms with van der Waals surface area (Å²) in [4.78, 5) is 0. The van der Waals surface area contributed by atoms with Crippen molar-refractivity contribution in [2.45, 2.75) is 6.42 Å². The minimum Gasteiger partial charge on any atom is -0.387 e. The first-order valence-corrected chi connectivity index (χ1v) is 2.97. The second-order valence-corrected chi connectivity index (χ2v) is 2.04. The molecule has 0 rings (SSSR count). The molecule has 8 N–H and O–H groups in total. The van der Waals surface area contributed by atoms with Crippen LogP contribution in [0.5, 0.6) is 0 Å². The molecule has 0 saturated carbocycles. The zero-order valence-electron chi connectivity index (χ0n) is 5.72. The molecular formula is C5H13N5. The second-order valence-electron chi connectivity index (χ2n) is 2.04. The summed E-state index contributed by atoms with van der Waals surface area (Å²) >= 11 is 0. The molecule has 0 aliphatic heterocycles. The molecule has 0 radical (unpaired) electrons. The van der Waals surface area contributed by atoms with Gasteiger partial charge in [0.15, 0.2) is 0 Å². The van der Waals surface area contributed by atoms with Crippen molar-refractivity contribution in [2.24, 2.45) is 23.1 Å². The Morgan fingerprint density at radius 1 is 1.20 bits per heavy atom. The van der Waals surface area contributed by atoms with Crippen molar-refractivity contribution in [3.8, 4) is 0 Å². The summed E-state index contributed by atoms with van der Waals surface area (Å²) in [5, 5.41) is 14.0. The van der Waals surface area contributed by atoms with Crippen molar-refractivity contribution in [1.82, 2.24) is 0 Å². The fraction of sp³-hybridized carbons (Fsp3) is 0.600. The summed E-state index contributed by atoms with van der Waals surface area (Å²) < 4.78 is 0. The van der Waals surface area contributed by atoms with Gasteiger partial charge >= 0.3 is 0 Å². The maximum Gasteiger partial charge on any atom is 0.101 e. The van der Waals surface area contributed by atoms with Crippen LogP contribution in [0.1, 0.15) is 6.42 Å². The Hall–Kier alpha value is -1.10. The zero-order chi connectivity index (χ0) is 8.15. The molecule has 0 spiro atoms. The third-order valence-electron chi connectivity index (χ3n) is 1.21. The van der Waals surface area contributed by atoms with E-state index in [0.29, 0.717) is 13.0 Å². The van der Waals surface area contributed by atoms with Gasteiger partial charge in [-0.15, -0.1) is 0 Å². The van der Waals surface area contributed by atoms with Crippen LogP contribution in [0.25, 0.3) is 0 Å². The van der Waals surface area contributed by atoms with Gasteiger partial charge < -0.3 is 17.2 Å². The van der Waals surface area contributed by atoms with Crippen LogP contribution in [0.3, 0.4) is 0 Å². The Morgan fingerprint density at radius 2 is 1.60 bits per heavy atom. The van der Waals surface area contributed by atoms with Gasteiger partial charge in [0.2, 0.25) is 0 Å². The van der Waals surface area contributed by atoms with E-state index in [9.17, 15) is 0 Å². The van der Waals surface area contributed by atoms with Gasteiger partial charge in [0.25, 0.3) is 0 Å². The predicted octanol–water partition coefficient (Wildman–Crippen LogP) is -1.18. The lowest BCUT2D eigenvalue weighted by molar-refractivity contribution is 0.765. The minimum atomic E-state index is -0.468. The van der Waals surface area contributed by atoms with Crippen molar-refractivity contribution in [3.05, 3.63) is 0 Å². The fourth-order valence-electron chi connectivity index (χ4n) is 0.645. The highest BCUT2D eigenvalue weighted by molar-refractivity contribution is 6.01. The van der Waals surface area contributed by atoms with Crippen molar-refractivity contribution in [1.29, 1.82) is 10.8 Å². The van der Waals surface area contributed by atoms with Crippen LogP contribution in [0.15, 0.2) is 0 Å². The Morgan fingerprint density at radius 3 is 1.70 bits per heavy atom. The van der Waals surface area contributed by atoms with Crippen LogP contribution < -0.4 is 17.2 Å². The average Bonchev–Trinajstić information content (AvgIpc) is 1.81. The number of nitrogens with two attached hydrogens (primary N) is 3. The highest BCUT2D eigenvalue weighted by Gasteiger charge is 2.13. The van der Waals surface area contributed by atoms with E-state index in [1.807, 2.05) is 0 Å². The maximum absolute atomic E-state index is 6.99. The highest BCUT2D eigenvalue weighted by atomic mass is 14.8. The van der Waals surface area contributed by atoms with Gasteiger partial charge in [0.1, 0.15) is 11.7 Å². The standard InChI is InChI=1S/C5H13N5/c6-2-1-3(4(7)8)5(9)10/h3H,1-2,6H2,(H3,7,8)(H3,9,10). The Kier molecular flexibility index (Phi) is 3.42. The zero-order valence-corrected chi connectivity index (χ0v) is 5.72. The molecule has 0 bridgehead atoms. The van der Waals surface area contributed by atoms with E-state index in [1.54, 1.807) is 0 Å². The molecule has 0 fully saturated rings. The minimum absolute atomic E-state index is 0.0852. The summed E-state index contributed by atoms with van der Waals surface area (Å²) in [6.07, 6.45) is 0.477. The number of hydrogen-bond acceptors (Lipinski definition) is 3. The van der Waals surface area contributed by atoms with Crippen LogP contribution in [-0.4, -0.2) is 18.2 Å². The predicted molar refractivity (Wildman–Crippen MR) is 41.0 cm³/mol. The molecule has 10 heavy (non-hydrogen) atoms. The number of amidine groups is 2. The molecule has 0 atom stereocenters. The van der Waals surface area contributed by atoms with E-state index in [0.717, 1.165) is 0 Å². The van der Waals surface area contributed by atoms with E-state index >= 15 is 0 Å². The SMILES string of the molecule is N=C(N)C(CCN)C(=N)N. The highest BCUT2D eigenvalue weighted by Crippen LogP contribution is 1.98. The molecule has 0 amide bonds. The fourth-order valence-corrected chi connectivity index (χ4v) is 0.645. The first kappa shape index (κ1) is 8.90. The summed E-state index contributed by atoms with van der Waals surface area (Å²) in [7, 11) is 0. The Labute approximate surface area is 59.6 Å². The normalized spacial score (nSPS) is 12.5. The van der Waals surface area contributed by atoms with E-state index < -0.39 is 5.92 Å². The smallest absolute Gasteiger partial charge is 0.101 e. The monoisotopic (exact) mass is 143 g/mol. The van der Waals surface area contributed by atoms with Crippen LogP contribution in [-0.2, 0) is 0 Å². The molecule has 58 valence electrons. The summed E-state index contributed by atoms with van der Waals surface area (Å²) in [6.45, 7) is 0.393. The first-order chi connectivity index (χ1) is 4.59. The molecule has 0 aliphatic carbocycles. The van der Waals surface area contributed by atoms with E-state index in [4.69, 9.17) is 28.0 Å². The lowest BCUT2D eigenvalue weighted by Gasteiger charge is -2.10. The van der Waals surface area contributed by atoms with Gasteiger partial charge in [-0.05, 0) is 13.0 Å². The molecule has 5 nitrogen and oxygen atoms in total. The summed E-state index contributed by atoms with van der Waals surface area (Å²) in [5.41, 5.74) is 15.5. The Balaban J connectivity index is 3.98. The van der Waals surface area contributed by atoms with Crippen LogP contribution in [0.4, 0.5) is 0 Å². The maximum atomic E-state index is 6.99. The third kappa shape index (κ3) is 2.45. The molecular weight excluding hydrogens is 130 g/mol. The van der Waals surface area contributed by atoms with Crippen molar-refractivity contribution in [2.75, 3.05) is 6.54 Å². The number of hydrogen-bond donors (Lipinski definition) is 5. The van der Waals surface area contributed by atoms with Crippen molar-refractivity contribution in [3.63, 3.8) is 0 Å². The van der Waals surface area contributed by atoms with Gasteiger partial charge in [-0.3, -0.25) is 10.8 Å². The lowest BCUT2D eigenvalue weighted by atomic mass is 10.0. The van der Waals surface area contributed by atoms with Crippen LogP contribution >= 0.6 is 0 Å². The molecule has 0 aliphatic rings. The van der Waals surface area contributed by atoms with E-state index in [2.05, 4.69) is 0 Å². The second kappa shape index (κ2) is 3.84. The molecule has 5 heteroatoms. The molecule has 0 aromatic rings. The first-order valence-electron chi connectivity index (χ1n) is 2.97. The molecule has 0 aromatic carbocycles. The quantitative estimate of drug-likeness (QED) is 0.251. The summed E-state index contributed by atoms with van der Waals surface area (Å²) in [5.74, 6) is -0.638. The van der Waals surface area contributed by atoms with Gasteiger partial charge in [-0.25, -0.2) is 0 Å². The van der Waals surface area contributed by atoms with Gasteiger partial charge in [0.05, 0.1) is 5.92 Å². The molecule has 0 heterocycles. The lowest BCUT2D eigenvalue weighted by Crippen LogP contribution is -2.35. The van der Waals surface area contributed by atoms with E-state index in [-0.39, 0.29) is 11.7 Å². The average molecular weight is 143 g/mol. The van der Waals surface area contributed by atoms with Gasteiger partial charge in [-0.2, -0.15) is 0 Å². The number of rotatable bonds is 4. The van der Waals surface area contributed by atoms with Gasteiger partial charge in [-0.1, -0.05) is 0 Å². The topological polar surface area (TPSA) is 126 Å². The van der Waals surface area contributed by atoms with Crippen LogP contribution in [0.2, 0.25) is 0 Å². The van der Waals surface area contributed by atoms with E-state index in [1.165, 1.54) is 0 Å². The number of nitrogens with one attached hydrogen (secondary N) is 2. The third-order valence-corrected chi connectivity index (χ3v) is 1.21. The van der Waals surface area contributed by atoms with Crippen molar-refractivity contribution >= 4 is 11.7 Å². The molecule has 0 unspecified atom stereocenters. The molecule has 0 aromatic heterocycles. The summed E-state index contributed by atoms with van der Waals surface area (Å²) in [6, 6.07) is 0. The van der Waals surface area contributed by atoms with Gasteiger partial charge in [0, 0.05) is 0 Å². The Bertz CT molecular complexity index is 127. The molecule has 0 saturated heterocycles. The largest absolute Gasteiger partial charge is 0.387 e. The van der Waals surface area contributed by atoms with Crippen molar-refractivity contribution < 1.29 is 0 Å². The van der Waals surface area contributed by atoms with Crippen LogP contribution in [0, 0.1) is 16.7 Å².